The number of hydrogen-bond acceptors (Lipinski definition) is 2. The average Bonchev–Trinajstić information content (AvgIpc) is 2.37. The van der Waals surface area contributed by atoms with Crippen molar-refractivity contribution in [3.05, 3.63) is 35.4 Å². The molecular weight excluding hydrogens is 246 g/mol. The van der Waals surface area contributed by atoms with Gasteiger partial charge in [-0.05, 0) is 31.5 Å². The van der Waals surface area contributed by atoms with E-state index in [1.54, 1.807) is 0 Å². The molecule has 2 rings (SSSR count). The van der Waals surface area contributed by atoms with Gasteiger partial charge in [0.15, 0.2) is 0 Å². The highest BCUT2D eigenvalue weighted by atomic mass is 19.1. The summed E-state index contributed by atoms with van der Waals surface area (Å²) in [6, 6.07) is 4.49. The molecule has 1 aromatic carbocycles. The number of benzene rings is 1. The molecule has 0 saturated carbocycles. The second-order valence-corrected chi connectivity index (χ2v) is 5.42. The molecule has 0 aliphatic carbocycles. The molecule has 1 saturated heterocycles. The van der Waals surface area contributed by atoms with Gasteiger partial charge in [-0.2, -0.15) is 0 Å². The topological polar surface area (TPSA) is 15.3 Å². The molecule has 1 aliphatic rings. The first-order valence-electron chi connectivity index (χ1n) is 7.01. The molecule has 1 aromatic rings. The van der Waals surface area contributed by atoms with E-state index in [-0.39, 0.29) is 11.6 Å². The maximum atomic E-state index is 13.7. The number of rotatable bonds is 4. The fourth-order valence-electron chi connectivity index (χ4n) is 2.73. The second-order valence-electron chi connectivity index (χ2n) is 5.42. The molecule has 0 radical (unpaired) electrons. The summed E-state index contributed by atoms with van der Waals surface area (Å²) in [7, 11) is 0. The fourth-order valence-corrected chi connectivity index (χ4v) is 2.73. The van der Waals surface area contributed by atoms with Crippen LogP contribution in [0.5, 0.6) is 0 Å². The molecule has 4 heteroatoms. The minimum Gasteiger partial charge on any atom is -0.311 e. The van der Waals surface area contributed by atoms with Gasteiger partial charge >= 0.3 is 0 Å². The van der Waals surface area contributed by atoms with E-state index in [0.29, 0.717) is 24.2 Å². The van der Waals surface area contributed by atoms with E-state index in [9.17, 15) is 8.78 Å². The van der Waals surface area contributed by atoms with Crippen molar-refractivity contribution in [3.63, 3.8) is 0 Å². The molecule has 1 N–H and O–H groups in total. The Kier molecular flexibility index (Phi) is 4.88. The second kappa shape index (κ2) is 6.44. The van der Waals surface area contributed by atoms with E-state index in [4.69, 9.17) is 0 Å². The van der Waals surface area contributed by atoms with Crippen molar-refractivity contribution in [2.24, 2.45) is 0 Å². The minimum atomic E-state index is -0.369. The highest BCUT2D eigenvalue weighted by Crippen LogP contribution is 2.18. The van der Waals surface area contributed by atoms with Gasteiger partial charge in [0.25, 0.3) is 0 Å². The van der Waals surface area contributed by atoms with E-state index < -0.39 is 0 Å². The molecular formula is C15H22F2N2. The lowest BCUT2D eigenvalue weighted by molar-refractivity contribution is 0.118. The van der Waals surface area contributed by atoms with Gasteiger partial charge in [-0.25, -0.2) is 8.78 Å². The highest BCUT2D eigenvalue weighted by molar-refractivity contribution is 5.19. The lowest BCUT2D eigenvalue weighted by Gasteiger charge is -2.39. The van der Waals surface area contributed by atoms with Crippen LogP contribution in [0.15, 0.2) is 18.2 Å². The molecule has 0 amide bonds. The number of nitrogens with one attached hydrogen (secondary N) is 1. The zero-order chi connectivity index (χ0) is 13.8. The third-order valence-electron chi connectivity index (χ3n) is 3.73. The number of hydrogen-bond donors (Lipinski definition) is 1. The van der Waals surface area contributed by atoms with E-state index in [2.05, 4.69) is 24.1 Å². The first-order valence-corrected chi connectivity index (χ1v) is 7.01. The molecule has 0 spiro atoms. The van der Waals surface area contributed by atoms with E-state index in [1.807, 2.05) is 0 Å². The normalized spacial score (nSPS) is 24.6. The Morgan fingerprint density at radius 3 is 2.89 bits per heavy atom. The van der Waals surface area contributed by atoms with Crippen LogP contribution in [0.25, 0.3) is 0 Å². The zero-order valence-electron chi connectivity index (χ0n) is 11.6. The predicted octanol–water partition coefficient (Wildman–Crippen LogP) is 2.93. The van der Waals surface area contributed by atoms with Gasteiger partial charge in [0.05, 0.1) is 0 Å². The lowest BCUT2D eigenvalue weighted by Crippen LogP contribution is -2.54. The average molecular weight is 268 g/mol. The van der Waals surface area contributed by atoms with Gasteiger partial charge in [-0.3, -0.25) is 4.90 Å². The van der Waals surface area contributed by atoms with Crippen LogP contribution in [0.2, 0.25) is 0 Å². The van der Waals surface area contributed by atoms with Gasteiger partial charge in [0, 0.05) is 37.3 Å². The first kappa shape index (κ1) is 14.4. The van der Waals surface area contributed by atoms with E-state index in [1.165, 1.54) is 18.2 Å². The predicted molar refractivity (Wildman–Crippen MR) is 72.9 cm³/mol. The third kappa shape index (κ3) is 3.74. The molecule has 1 fully saturated rings. The molecule has 1 heterocycles. The third-order valence-corrected chi connectivity index (χ3v) is 3.73. The summed E-state index contributed by atoms with van der Waals surface area (Å²) in [6.07, 6.45) is 2.18. The molecule has 0 aromatic heterocycles. The standard InChI is InChI=1S/C15H22F2N2/c1-3-4-14-8-18-11(2)9-19(14)10-12-7-13(16)5-6-15(12)17/h5-7,11,14,18H,3-4,8-10H2,1-2H3. The van der Waals surface area contributed by atoms with Crippen LogP contribution < -0.4 is 5.32 Å². The Morgan fingerprint density at radius 1 is 1.37 bits per heavy atom. The minimum absolute atomic E-state index is 0.317. The molecule has 106 valence electrons. The molecule has 2 unspecified atom stereocenters. The largest absolute Gasteiger partial charge is 0.311 e. The smallest absolute Gasteiger partial charge is 0.127 e. The van der Waals surface area contributed by atoms with Crippen molar-refractivity contribution >= 4 is 0 Å². The summed E-state index contributed by atoms with van der Waals surface area (Å²) < 4.78 is 27.0. The summed E-state index contributed by atoms with van der Waals surface area (Å²) in [4.78, 5) is 2.27. The van der Waals surface area contributed by atoms with Crippen molar-refractivity contribution in [1.29, 1.82) is 0 Å². The summed E-state index contributed by atoms with van der Waals surface area (Å²) >= 11 is 0. The van der Waals surface area contributed by atoms with Crippen molar-refractivity contribution in [2.75, 3.05) is 13.1 Å². The fraction of sp³-hybridized carbons (Fsp3) is 0.600. The summed E-state index contributed by atoms with van der Waals surface area (Å²) in [6.45, 7) is 6.56. The van der Waals surface area contributed by atoms with Crippen LogP contribution in [-0.4, -0.2) is 30.1 Å². The van der Waals surface area contributed by atoms with E-state index in [0.717, 1.165) is 25.9 Å². The molecule has 2 atom stereocenters. The number of nitrogens with zero attached hydrogens (tertiary/aromatic N) is 1. The van der Waals surface area contributed by atoms with Crippen LogP contribution in [0.3, 0.4) is 0 Å². The van der Waals surface area contributed by atoms with Gasteiger partial charge in [0.1, 0.15) is 11.6 Å². The Hall–Kier alpha value is -1.00. The van der Waals surface area contributed by atoms with Crippen LogP contribution in [0, 0.1) is 11.6 Å². The molecule has 1 aliphatic heterocycles. The Bertz CT molecular complexity index is 423. The zero-order valence-corrected chi connectivity index (χ0v) is 11.6. The lowest BCUT2D eigenvalue weighted by atomic mass is 10.0. The molecule has 0 bridgehead atoms. The maximum Gasteiger partial charge on any atom is 0.127 e. The quantitative estimate of drug-likeness (QED) is 0.903. The van der Waals surface area contributed by atoms with Crippen LogP contribution in [0.1, 0.15) is 32.3 Å². The van der Waals surface area contributed by atoms with Crippen LogP contribution >= 0.6 is 0 Å². The Balaban J connectivity index is 2.11. The monoisotopic (exact) mass is 268 g/mol. The van der Waals surface area contributed by atoms with Crippen molar-refractivity contribution < 1.29 is 8.78 Å². The molecule has 2 nitrogen and oxygen atoms in total. The van der Waals surface area contributed by atoms with Gasteiger partial charge in [-0.15, -0.1) is 0 Å². The Labute approximate surface area is 113 Å². The summed E-state index contributed by atoms with van der Waals surface area (Å²) in [5.74, 6) is -0.686. The van der Waals surface area contributed by atoms with Crippen molar-refractivity contribution in [3.8, 4) is 0 Å². The molecule has 19 heavy (non-hydrogen) atoms. The van der Waals surface area contributed by atoms with Crippen molar-refractivity contribution in [1.82, 2.24) is 10.2 Å². The first-order chi connectivity index (χ1) is 9.10. The number of piperazine rings is 1. The van der Waals surface area contributed by atoms with Crippen LogP contribution in [0.4, 0.5) is 8.78 Å². The SMILES string of the molecule is CCCC1CNC(C)CN1Cc1cc(F)ccc1F. The maximum absolute atomic E-state index is 13.7. The number of halogens is 2. The van der Waals surface area contributed by atoms with Gasteiger partial charge in [-0.1, -0.05) is 13.3 Å². The summed E-state index contributed by atoms with van der Waals surface area (Å²) in [5, 5.41) is 3.45. The van der Waals surface area contributed by atoms with Crippen molar-refractivity contribution in [2.45, 2.75) is 45.3 Å². The van der Waals surface area contributed by atoms with Crippen LogP contribution in [-0.2, 0) is 6.54 Å². The summed E-state index contributed by atoms with van der Waals surface area (Å²) in [5.41, 5.74) is 0.454. The van der Waals surface area contributed by atoms with Gasteiger partial charge < -0.3 is 5.32 Å². The highest BCUT2D eigenvalue weighted by Gasteiger charge is 2.25. The van der Waals surface area contributed by atoms with Gasteiger partial charge in [0.2, 0.25) is 0 Å². The Morgan fingerprint density at radius 2 is 2.16 bits per heavy atom. The van der Waals surface area contributed by atoms with E-state index >= 15 is 0 Å².